The first-order valence-electron chi connectivity index (χ1n) is 10.6. The van der Waals surface area contributed by atoms with Crippen LogP contribution < -0.4 is 45.3 Å². The number of thioether (sulfide) groups is 1. The molecule has 1 nitrogen and oxygen atoms in total. The van der Waals surface area contributed by atoms with Crippen LogP contribution in [0.1, 0.15) is 5.56 Å². The summed E-state index contributed by atoms with van der Waals surface area (Å²) < 4.78 is 1.30. The smallest absolute Gasteiger partial charge is 0.222 e. The van der Waals surface area contributed by atoms with Crippen molar-refractivity contribution in [1.29, 1.82) is 0 Å². The molecule has 5 rings (SSSR count). The molecule has 0 aliphatic carbocycles. The number of nitrogens with zero attached hydrogens (tertiary/aromatic N) is 1. The summed E-state index contributed by atoms with van der Waals surface area (Å²) in [6, 6.07) is 43.5. The number of halogens is 1. The van der Waals surface area contributed by atoms with E-state index in [2.05, 4.69) is 121 Å². The maximum atomic E-state index is 5.08. The van der Waals surface area contributed by atoms with Gasteiger partial charge in [-0.15, -0.1) is 23.1 Å². The Hall–Kier alpha value is -1.98. The molecule has 0 radical (unpaired) electrons. The standard InChI is InChI=1S/C28H23NPS2.HI/c1-5-13-23(14-6-1)21-31-28-27(29-22-32-28)30(24-15-7-2-8-16-24,25-17-9-3-10-18-25)26-19-11-4-12-20-26;/h1-20,22H,21H2;1H/q+1;/p-1. The van der Waals surface area contributed by atoms with Crippen molar-refractivity contribution in [2.45, 2.75) is 9.96 Å². The van der Waals surface area contributed by atoms with Gasteiger partial charge in [0.15, 0.2) is 7.26 Å². The Morgan fingerprint density at radius 2 is 1.03 bits per heavy atom. The molecule has 164 valence electrons. The zero-order chi connectivity index (χ0) is 21.6. The van der Waals surface area contributed by atoms with Crippen molar-refractivity contribution >= 4 is 51.7 Å². The van der Waals surface area contributed by atoms with Gasteiger partial charge in [0.1, 0.15) is 20.1 Å². The number of thiazole rings is 1. The quantitative estimate of drug-likeness (QED) is 0.163. The fraction of sp³-hybridized carbons (Fsp3) is 0.0357. The van der Waals surface area contributed by atoms with E-state index in [4.69, 9.17) is 4.98 Å². The van der Waals surface area contributed by atoms with Crippen molar-refractivity contribution in [2.75, 3.05) is 0 Å². The maximum Gasteiger partial charge on any atom is 0.222 e. The predicted octanol–water partition coefficient (Wildman–Crippen LogP) is 3.06. The lowest BCUT2D eigenvalue weighted by Crippen LogP contribution is -3.00. The molecule has 1 heterocycles. The summed E-state index contributed by atoms with van der Waals surface area (Å²) in [5, 5.41) is 4.01. The molecule has 0 bridgehead atoms. The van der Waals surface area contributed by atoms with Gasteiger partial charge in [-0.3, -0.25) is 0 Å². The van der Waals surface area contributed by atoms with Gasteiger partial charge in [0.05, 0.1) is 5.51 Å². The minimum atomic E-state index is -2.14. The summed E-state index contributed by atoms with van der Waals surface area (Å²) in [6.45, 7) is 0. The van der Waals surface area contributed by atoms with Gasteiger partial charge in [-0.2, -0.15) is 0 Å². The Balaban J connectivity index is 0.00000259. The summed E-state index contributed by atoms with van der Waals surface area (Å²) in [4.78, 5) is 5.08. The van der Waals surface area contributed by atoms with E-state index in [0.29, 0.717) is 0 Å². The van der Waals surface area contributed by atoms with Crippen LogP contribution in [0, 0.1) is 0 Å². The van der Waals surface area contributed by atoms with Gasteiger partial charge in [-0.25, -0.2) is 4.98 Å². The zero-order valence-corrected chi connectivity index (χ0v) is 22.6. The summed E-state index contributed by atoms with van der Waals surface area (Å²) in [5.41, 5.74) is 4.57. The monoisotopic (exact) mass is 595 g/mol. The molecule has 0 N–H and O–H groups in total. The Bertz CT molecular complexity index is 1170. The molecule has 5 heteroatoms. The SMILES string of the molecule is [I-].c1ccc(CSc2scnc2[P+](c2ccccc2)(c2ccccc2)c2ccccc2)cc1. The third-order valence-corrected chi connectivity index (χ3v) is 12.2. The largest absolute Gasteiger partial charge is 1.00 e. The van der Waals surface area contributed by atoms with Crippen LogP contribution in [0.4, 0.5) is 0 Å². The third kappa shape index (κ3) is 4.95. The first kappa shape index (κ1) is 24.2. The Morgan fingerprint density at radius 3 is 1.48 bits per heavy atom. The van der Waals surface area contributed by atoms with Gasteiger partial charge in [0, 0.05) is 5.75 Å². The third-order valence-electron chi connectivity index (χ3n) is 5.48. The topological polar surface area (TPSA) is 12.9 Å². The van der Waals surface area contributed by atoms with E-state index in [0.717, 1.165) is 5.75 Å². The number of aromatic nitrogens is 1. The molecule has 0 unspecified atom stereocenters. The van der Waals surface area contributed by atoms with E-state index in [1.54, 1.807) is 11.3 Å². The van der Waals surface area contributed by atoms with E-state index in [9.17, 15) is 0 Å². The van der Waals surface area contributed by atoms with Gasteiger partial charge in [-0.05, 0) is 42.0 Å². The minimum Gasteiger partial charge on any atom is -1.00 e. The van der Waals surface area contributed by atoms with E-state index in [1.165, 1.54) is 31.1 Å². The van der Waals surface area contributed by atoms with Gasteiger partial charge in [0.2, 0.25) is 5.44 Å². The van der Waals surface area contributed by atoms with E-state index in [-0.39, 0.29) is 24.0 Å². The van der Waals surface area contributed by atoms with Crippen LogP contribution in [0.15, 0.2) is 131 Å². The van der Waals surface area contributed by atoms with E-state index < -0.39 is 7.26 Å². The van der Waals surface area contributed by atoms with Crippen LogP contribution in [0.3, 0.4) is 0 Å². The number of benzene rings is 4. The maximum absolute atomic E-state index is 5.08. The van der Waals surface area contributed by atoms with Gasteiger partial charge in [0.25, 0.3) is 0 Å². The number of hydrogen-bond acceptors (Lipinski definition) is 3. The Morgan fingerprint density at radius 1 is 0.606 bits per heavy atom. The van der Waals surface area contributed by atoms with Crippen molar-refractivity contribution in [1.82, 2.24) is 4.98 Å². The van der Waals surface area contributed by atoms with Crippen molar-refractivity contribution in [2.24, 2.45) is 0 Å². The van der Waals surface area contributed by atoms with Crippen LogP contribution in [0.2, 0.25) is 0 Å². The number of hydrogen-bond donors (Lipinski definition) is 0. The molecule has 33 heavy (non-hydrogen) atoms. The summed E-state index contributed by atoms with van der Waals surface area (Å²) in [7, 11) is -2.14. The van der Waals surface area contributed by atoms with Crippen molar-refractivity contribution in [3.63, 3.8) is 0 Å². The highest BCUT2D eigenvalue weighted by atomic mass is 127. The zero-order valence-electron chi connectivity index (χ0n) is 17.9. The van der Waals surface area contributed by atoms with Crippen LogP contribution >= 0.6 is 30.4 Å². The fourth-order valence-electron chi connectivity index (χ4n) is 4.04. The molecule has 4 aromatic carbocycles. The molecule has 0 aliphatic rings. The van der Waals surface area contributed by atoms with Crippen LogP contribution in [0.5, 0.6) is 0 Å². The lowest BCUT2D eigenvalue weighted by Gasteiger charge is -2.26. The Kier molecular flexibility index (Phi) is 8.37. The summed E-state index contributed by atoms with van der Waals surface area (Å²) >= 11 is 3.66. The lowest BCUT2D eigenvalue weighted by atomic mass is 10.2. The summed E-state index contributed by atoms with van der Waals surface area (Å²) in [6.07, 6.45) is 0. The molecule has 0 saturated carbocycles. The van der Waals surface area contributed by atoms with Crippen molar-refractivity contribution in [3.8, 4) is 0 Å². The molecule has 0 spiro atoms. The second-order valence-electron chi connectivity index (χ2n) is 7.42. The van der Waals surface area contributed by atoms with Crippen LogP contribution in [-0.4, -0.2) is 4.98 Å². The first-order valence-corrected chi connectivity index (χ1v) is 14.2. The molecule has 0 aliphatic heterocycles. The van der Waals surface area contributed by atoms with Gasteiger partial charge >= 0.3 is 0 Å². The lowest BCUT2D eigenvalue weighted by molar-refractivity contribution is -0.00000610. The summed E-state index contributed by atoms with van der Waals surface area (Å²) in [5.74, 6) is 0.939. The van der Waals surface area contributed by atoms with Gasteiger partial charge in [-0.1, -0.05) is 84.9 Å². The predicted molar refractivity (Wildman–Crippen MR) is 143 cm³/mol. The molecule has 0 fully saturated rings. The second-order valence-corrected chi connectivity index (χ2v) is 12.8. The second kappa shape index (κ2) is 11.4. The highest BCUT2D eigenvalue weighted by Gasteiger charge is 2.51. The van der Waals surface area contributed by atoms with E-state index in [1.807, 2.05) is 17.3 Å². The highest BCUT2D eigenvalue weighted by molar-refractivity contribution is 8.05. The van der Waals surface area contributed by atoms with Crippen LogP contribution in [0.25, 0.3) is 0 Å². The van der Waals surface area contributed by atoms with Crippen molar-refractivity contribution < 1.29 is 24.0 Å². The average Bonchev–Trinajstić information content (AvgIpc) is 3.35. The van der Waals surface area contributed by atoms with Crippen molar-refractivity contribution in [3.05, 3.63) is 132 Å². The Labute approximate surface area is 221 Å². The molecule has 0 atom stereocenters. The molecular formula is C28H23INPS2. The average molecular weight is 596 g/mol. The van der Waals surface area contributed by atoms with E-state index >= 15 is 0 Å². The molecule has 1 aromatic heterocycles. The minimum absolute atomic E-state index is 0. The fourth-order valence-corrected chi connectivity index (χ4v) is 10.9. The van der Waals surface area contributed by atoms with Gasteiger partial charge < -0.3 is 24.0 Å². The molecule has 5 aromatic rings. The molecule has 0 saturated heterocycles. The molecular weight excluding hydrogens is 572 g/mol. The first-order chi connectivity index (χ1) is 15.9. The molecule has 0 amide bonds. The van der Waals surface area contributed by atoms with Crippen LogP contribution in [-0.2, 0) is 5.75 Å². The highest BCUT2D eigenvalue weighted by Crippen LogP contribution is 2.56. The normalized spacial score (nSPS) is 11.0. The number of rotatable bonds is 7.